The van der Waals surface area contributed by atoms with Crippen LogP contribution in [0.4, 0.5) is 0 Å². The van der Waals surface area contributed by atoms with E-state index in [9.17, 15) is 0 Å². The van der Waals surface area contributed by atoms with Gasteiger partial charge in [-0.25, -0.2) is 0 Å². The topological polar surface area (TPSA) is 12.0 Å². The largest absolute Gasteiger partial charge is 0.310 e. The third-order valence-electron chi connectivity index (χ3n) is 2.10. The van der Waals surface area contributed by atoms with Gasteiger partial charge in [-0.15, -0.1) is 0 Å². The minimum absolute atomic E-state index is 0.576. The molecule has 2 heteroatoms. The molecule has 11 heavy (non-hydrogen) atoms. The third-order valence-corrected chi connectivity index (χ3v) is 2.35. The van der Waals surface area contributed by atoms with E-state index in [0.717, 1.165) is 11.6 Å². The number of hydrogen-bond donors (Lipinski definition) is 1. The molecule has 58 valence electrons. The SMILES string of the molecule is Clc1ccc([C@@H]2CCN2)cc1. The summed E-state index contributed by atoms with van der Waals surface area (Å²) >= 11 is 5.76. The first-order valence-corrected chi connectivity index (χ1v) is 4.23. The molecule has 1 aliphatic heterocycles. The van der Waals surface area contributed by atoms with E-state index >= 15 is 0 Å². The first kappa shape index (κ1) is 7.14. The van der Waals surface area contributed by atoms with Crippen LogP contribution in [0.3, 0.4) is 0 Å². The number of hydrogen-bond acceptors (Lipinski definition) is 1. The summed E-state index contributed by atoms with van der Waals surface area (Å²) in [6, 6.07) is 8.62. The van der Waals surface area contributed by atoms with Gasteiger partial charge in [-0.3, -0.25) is 0 Å². The van der Waals surface area contributed by atoms with E-state index in [4.69, 9.17) is 11.6 Å². The van der Waals surface area contributed by atoms with E-state index in [1.807, 2.05) is 12.1 Å². The predicted octanol–water partition coefficient (Wildman–Crippen LogP) is 2.37. The summed E-state index contributed by atoms with van der Waals surface area (Å²) in [6.07, 6.45) is 1.25. The van der Waals surface area contributed by atoms with Crippen LogP contribution in [0.5, 0.6) is 0 Å². The fourth-order valence-corrected chi connectivity index (χ4v) is 1.39. The fraction of sp³-hybridized carbons (Fsp3) is 0.333. The van der Waals surface area contributed by atoms with E-state index in [0.29, 0.717) is 6.04 Å². The molecule has 1 atom stereocenters. The molecule has 1 heterocycles. The van der Waals surface area contributed by atoms with Gasteiger partial charge in [0.2, 0.25) is 0 Å². The summed E-state index contributed by atoms with van der Waals surface area (Å²) in [7, 11) is 0. The van der Waals surface area contributed by atoms with Crippen molar-refractivity contribution in [2.75, 3.05) is 6.54 Å². The highest BCUT2D eigenvalue weighted by atomic mass is 35.5. The van der Waals surface area contributed by atoms with E-state index < -0.39 is 0 Å². The van der Waals surface area contributed by atoms with Gasteiger partial charge in [0, 0.05) is 11.1 Å². The maximum Gasteiger partial charge on any atom is 0.0406 e. The highest BCUT2D eigenvalue weighted by Crippen LogP contribution is 2.23. The van der Waals surface area contributed by atoms with E-state index in [2.05, 4.69) is 17.4 Å². The minimum Gasteiger partial charge on any atom is -0.310 e. The van der Waals surface area contributed by atoms with Crippen molar-refractivity contribution in [2.24, 2.45) is 0 Å². The fourth-order valence-electron chi connectivity index (χ4n) is 1.27. The van der Waals surface area contributed by atoms with Gasteiger partial charge in [-0.1, -0.05) is 23.7 Å². The van der Waals surface area contributed by atoms with Gasteiger partial charge in [0.05, 0.1) is 0 Å². The Morgan fingerprint density at radius 3 is 2.36 bits per heavy atom. The van der Waals surface area contributed by atoms with Crippen molar-refractivity contribution in [3.8, 4) is 0 Å². The van der Waals surface area contributed by atoms with Gasteiger partial charge >= 0.3 is 0 Å². The Labute approximate surface area is 71.4 Å². The highest BCUT2D eigenvalue weighted by Gasteiger charge is 2.17. The Hall–Kier alpha value is -0.530. The van der Waals surface area contributed by atoms with Gasteiger partial charge < -0.3 is 5.32 Å². The molecule has 0 amide bonds. The molecule has 0 saturated carbocycles. The molecular formula is C9H10ClN. The van der Waals surface area contributed by atoms with Gasteiger partial charge in [-0.2, -0.15) is 0 Å². The zero-order valence-corrected chi connectivity index (χ0v) is 6.93. The highest BCUT2D eigenvalue weighted by molar-refractivity contribution is 6.30. The first-order valence-electron chi connectivity index (χ1n) is 3.85. The van der Waals surface area contributed by atoms with Crippen molar-refractivity contribution in [2.45, 2.75) is 12.5 Å². The zero-order valence-electron chi connectivity index (χ0n) is 6.18. The normalized spacial score (nSPS) is 22.8. The second-order valence-electron chi connectivity index (χ2n) is 2.85. The summed E-state index contributed by atoms with van der Waals surface area (Å²) in [5.41, 5.74) is 1.35. The van der Waals surface area contributed by atoms with E-state index in [-0.39, 0.29) is 0 Å². The molecule has 0 radical (unpaired) electrons. The molecule has 1 aliphatic rings. The van der Waals surface area contributed by atoms with Crippen molar-refractivity contribution >= 4 is 11.6 Å². The summed E-state index contributed by atoms with van der Waals surface area (Å²) < 4.78 is 0. The van der Waals surface area contributed by atoms with Gasteiger partial charge in [0.25, 0.3) is 0 Å². The molecular weight excluding hydrogens is 158 g/mol. The number of benzene rings is 1. The van der Waals surface area contributed by atoms with Crippen LogP contribution in [0, 0.1) is 0 Å². The predicted molar refractivity (Wildman–Crippen MR) is 46.8 cm³/mol. The lowest BCUT2D eigenvalue weighted by atomic mass is 9.98. The maximum absolute atomic E-state index is 5.76. The molecule has 0 unspecified atom stereocenters. The molecule has 1 saturated heterocycles. The van der Waals surface area contributed by atoms with Crippen LogP contribution in [0.15, 0.2) is 24.3 Å². The molecule has 0 aliphatic carbocycles. The molecule has 1 aromatic carbocycles. The van der Waals surface area contributed by atoms with Crippen molar-refractivity contribution < 1.29 is 0 Å². The number of halogens is 1. The average Bonchev–Trinajstić information content (AvgIpc) is 1.90. The van der Waals surface area contributed by atoms with Crippen molar-refractivity contribution in [1.29, 1.82) is 0 Å². The molecule has 1 fully saturated rings. The molecule has 0 aromatic heterocycles. The van der Waals surface area contributed by atoms with Crippen LogP contribution in [0.25, 0.3) is 0 Å². The molecule has 1 nitrogen and oxygen atoms in total. The molecule has 0 spiro atoms. The van der Waals surface area contributed by atoms with E-state index in [1.165, 1.54) is 12.0 Å². The Morgan fingerprint density at radius 1 is 1.27 bits per heavy atom. The lowest BCUT2D eigenvalue weighted by Gasteiger charge is -2.27. The summed E-state index contributed by atoms with van der Waals surface area (Å²) in [5.74, 6) is 0. The Bertz CT molecular complexity index is 238. The van der Waals surface area contributed by atoms with Crippen LogP contribution < -0.4 is 5.32 Å². The average molecular weight is 168 g/mol. The third kappa shape index (κ3) is 1.39. The molecule has 2 rings (SSSR count). The first-order chi connectivity index (χ1) is 5.36. The second kappa shape index (κ2) is 2.84. The molecule has 0 bridgehead atoms. The summed E-state index contributed by atoms with van der Waals surface area (Å²) in [4.78, 5) is 0. The van der Waals surface area contributed by atoms with Crippen LogP contribution in [-0.2, 0) is 0 Å². The van der Waals surface area contributed by atoms with Gasteiger partial charge in [0.1, 0.15) is 0 Å². The van der Waals surface area contributed by atoms with E-state index in [1.54, 1.807) is 0 Å². The van der Waals surface area contributed by atoms with Crippen molar-refractivity contribution in [1.82, 2.24) is 5.32 Å². The lowest BCUT2D eigenvalue weighted by Crippen LogP contribution is -2.34. The monoisotopic (exact) mass is 167 g/mol. The Morgan fingerprint density at radius 2 is 1.91 bits per heavy atom. The molecule has 1 N–H and O–H groups in total. The second-order valence-corrected chi connectivity index (χ2v) is 3.28. The standard InChI is InChI=1S/C9H10ClN/c10-8-3-1-7(2-4-8)9-5-6-11-9/h1-4,9,11H,5-6H2/t9-/m0/s1. The van der Waals surface area contributed by atoms with Crippen molar-refractivity contribution in [3.63, 3.8) is 0 Å². The number of nitrogens with one attached hydrogen (secondary N) is 1. The van der Waals surface area contributed by atoms with Crippen LogP contribution in [0.1, 0.15) is 18.0 Å². The van der Waals surface area contributed by atoms with Gasteiger partial charge in [0.15, 0.2) is 0 Å². The summed E-state index contributed by atoms with van der Waals surface area (Å²) in [6.45, 7) is 1.15. The van der Waals surface area contributed by atoms with Crippen LogP contribution in [0.2, 0.25) is 5.02 Å². The molecule has 1 aromatic rings. The Balaban J connectivity index is 2.18. The quantitative estimate of drug-likeness (QED) is 0.677. The van der Waals surface area contributed by atoms with Gasteiger partial charge in [-0.05, 0) is 30.7 Å². The van der Waals surface area contributed by atoms with Crippen LogP contribution >= 0.6 is 11.6 Å². The number of rotatable bonds is 1. The zero-order chi connectivity index (χ0) is 7.68. The maximum atomic E-state index is 5.76. The Kier molecular flexibility index (Phi) is 1.84. The van der Waals surface area contributed by atoms with Crippen molar-refractivity contribution in [3.05, 3.63) is 34.9 Å². The minimum atomic E-state index is 0.576. The van der Waals surface area contributed by atoms with Crippen LogP contribution in [-0.4, -0.2) is 6.54 Å². The lowest BCUT2D eigenvalue weighted by molar-refractivity contribution is 0.383. The summed E-state index contributed by atoms with van der Waals surface area (Å²) in [5, 5.41) is 4.15. The smallest absolute Gasteiger partial charge is 0.0406 e.